The predicted molar refractivity (Wildman–Crippen MR) is 165 cm³/mol. The molecule has 0 radical (unpaired) electrons. The minimum atomic E-state index is -0.800. The maximum atomic E-state index is 15.2. The van der Waals surface area contributed by atoms with Gasteiger partial charge in [0.25, 0.3) is 0 Å². The first-order valence-electron chi connectivity index (χ1n) is 15.5. The molecule has 41 heavy (non-hydrogen) atoms. The summed E-state index contributed by atoms with van der Waals surface area (Å²) in [6, 6.07) is 16.2. The van der Waals surface area contributed by atoms with E-state index in [0.29, 0.717) is 23.7 Å². The summed E-state index contributed by atoms with van der Waals surface area (Å²) in [6.07, 6.45) is 12.4. The molecule has 0 saturated heterocycles. The Morgan fingerprint density at radius 3 is 2.20 bits per heavy atom. The van der Waals surface area contributed by atoms with E-state index in [9.17, 15) is 0 Å². The number of hydrogen-bond acceptors (Lipinski definition) is 1. The van der Waals surface area contributed by atoms with Crippen molar-refractivity contribution in [1.29, 1.82) is 0 Å². The summed E-state index contributed by atoms with van der Waals surface area (Å²) in [5.41, 5.74) is 3.71. The van der Waals surface area contributed by atoms with E-state index in [1.165, 1.54) is 19.3 Å². The van der Waals surface area contributed by atoms with Gasteiger partial charge in [0.05, 0.1) is 6.61 Å². The highest BCUT2D eigenvalue weighted by Gasteiger charge is 2.25. The normalized spacial score (nSPS) is 17.9. The van der Waals surface area contributed by atoms with Gasteiger partial charge in [-0.25, -0.2) is 13.2 Å². The Balaban J connectivity index is 1.39. The maximum Gasteiger partial charge on any atom is 0.166 e. The van der Waals surface area contributed by atoms with E-state index in [4.69, 9.17) is 4.74 Å². The van der Waals surface area contributed by atoms with Gasteiger partial charge in [-0.1, -0.05) is 101 Å². The van der Waals surface area contributed by atoms with E-state index in [0.717, 1.165) is 68.2 Å². The Labute approximate surface area is 244 Å². The molecular weight excluding hydrogens is 517 g/mol. The lowest BCUT2D eigenvalue weighted by atomic mass is 9.78. The van der Waals surface area contributed by atoms with E-state index in [-0.39, 0.29) is 23.2 Å². The molecule has 220 valence electrons. The van der Waals surface area contributed by atoms with Crippen molar-refractivity contribution < 1.29 is 17.9 Å². The van der Waals surface area contributed by atoms with Crippen LogP contribution in [0.15, 0.2) is 67.3 Å². The highest BCUT2D eigenvalue weighted by Crippen LogP contribution is 2.38. The molecule has 4 rings (SSSR count). The Hall–Kier alpha value is -2.85. The highest BCUT2D eigenvalue weighted by molar-refractivity contribution is 5.71. The van der Waals surface area contributed by atoms with E-state index in [2.05, 4.69) is 13.5 Å². The SMILES string of the molecule is C=CCOCC1CCC(c2ccc(-c3ccc(-c4ccc(C(C)CCCCCCC)c(F)c4F)cc3)cc2F)CC1. The molecule has 0 amide bonds. The van der Waals surface area contributed by atoms with Crippen molar-refractivity contribution in [1.82, 2.24) is 0 Å². The van der Waals surface area contributed by atoms with Crippen LogP contribution < -0.4 is 0 Å². The molecule has 0 aromatic heterocycles. The quantitative estimate of drug-likeness (QED) is 0.140. The number of unbranched alkanes of at least 4 members (excludes halogenated alkanes) is 4. The molecule has 0 N–H and O–H groups in total. The summed E-state index contributed by atoms with van der Waals surface area (Å²) < 4.78 is 51.1. The van der Waals surface area contributed by atoms with Gasteiger partial charge in [-0.05, 0) is 83.7 Å². The van der Waals surface area contributed by atoms with Gasteiger partial charge in [0.15, 0.2) is 11.6 Å². The van der Waals surface area contributed by atoms with Crippen molar-refractivity contribution in [3.8, 4) is 22.3 Å². The van der Waals surface area contributed by atoms with Crippen molar-refractivity contribution in [3.05, 3.63) is 95.8 Å². The summed E-state index contributed by atoms with van der Waals surface area (Å²) >= 11 is 0. The van der Waals surface area contributed by atoms with E-state index in [1.54, 1.807) is 36.4 Å². The van der Waals surface area contributed by atoms with Crippen LogP contribution in [0.1, 0.15) is 101 Å². The second kappa shape index (κ2) is 15.4. The van der Waals surface area contributed by atoms with Crippen LogP contribution in [0.25, 0.3) is 22.3 Å². The fraction of sp³-hybridized carbons (Fsp3) is 0.459. The van der Waals surface area contributed by atoms with Crippen molar-refractivity contribution >= 4 is 0 Å². The Morgan fingerprint density at radius 2 is 1.51 bits per heavy atom. The average Bonchev–Trinajstić information content (AvgIpc) is 2.99. The summed E-state index contributed by atoms with van der Waals surface area (Å²) in [6.45, 7) is 9.16. The van der Waals surface area contributed by atoms with Crippen LogP contribution in [0.4, 0.5) is 13.2 Å². The number of ether oxygens (including phenoxy) is 1. The monoisotopic (exact) mass is 562 g/mol. The minimum absolute atomic E-state index is 0.0215. The zero-order valence-corrected chi connectivity index (χ0v) is 24.7. The van der Waals surface area contributed by atoms with Gasteiger partial charge in [-0.15, -0.1) is 6.58 Å². The van der Waals surface area contributed by atoms with Crippen molar-refractivity contribution in [2.45, 2.75) is 89.9 Å². The van der Waals surface area contributed by atoms with Crippen molar-refractivity contribution in [3.63, 3.8) is 0 Å². The van der Waals surface area contributed by atoms with Crippen LogP contribution in [-0.2, 0) is 4.74 Å². The van der Waals surface area contributed by atoms with Crippen LogP contribution in [-0.4, -0.2) is 13.2 Å². The first kappa shape index (κ1) is 31.1. The lowest BCUT2D eigenvalue weighted by Crippen LogP contribution is -2.18. The van der Waals surface area contributed by atoms with E-state index in [1.807, 2.05) is 31.2 Å². The fourth-order valence-corrected chi connectivity index (χ4v) is 6.22. The van der Waals surface area contributed by atoms with Crippen LogP contribution in [0, 0.1) is 23.4 Å². The topological polar surface area (TPSA) is 9.23 Å². The molecule has 1 atom stereocenters. The molecule has 3 aromatic carbocycles. The van der Waals surface area contributed by atoms with Gasteiger partial charge in [0.1, 0.15) is 5.82 Å². The second-order valence-corrected chi connectivity index (χ2v) is 11.8. The molecule has 1 aliphatic rings. The van der Waals surface area contributed by atoms with Gasteiger partial charge in [0, 0.05) is 12.2 Å². The van der Waals surface area contributed by atoms with Crippen molar-refractivity contribution in [2.24, 2.45) is 5.92 Å². The molecule has 1 aliphatic carbocycles. The summed E-state index contributed by atoms with van der Waals surface area (Å²) in [5, 5.41) is 0. The first-order valence-corrected chi connectivity index (χ1v) is 15.5. The van der Waals surface area contributed by atoms with Crippen LogP contribution in [0.2, 0.25) is 0 Å². The van der Waals surface area contributed by atoms with Gasteiger partial charge in [0.2, 0.25) is 0 Å². The number of benzene rings is 3. The number of rotatable bonds is 14. The van der Waals surface area contributed by atoms with Crippen LogP contribution in [0.3, 0.4) is 0 Å². The Morgan fingerprint density at radius 1 is 0.829 bits per heavy atom. The molecule has 4 heteroatoms. The minimum Gasteiger partial charge on any atom is -0.377 e. The fourth-order valence-electron chi connectivity index (χ4n) is 6.22. The zero-order valence-electron chi connectivity index (χ0n) is 24.7. The average molecular weight is 563 g/mol. The largest absolute Gasteiger partial charge is 0.377 e. The lowest BCUT2D eigenvalue weighted by Gasteiger charge is -2.29. The number of hydrogen-bond donors (Lipinski definition) is 0. The molecule has 1 unspecified atom stereocenters. The van der Waals surface area contributed by atoms with Crippen molar-refractivity contribution in [2.75, 3.05) is 13.2 Å². The smallest absolute Gasteiger partial charge is 0.166 e. The molecule has 1 nitrogen and oxygen atoms in total. The molecule has 0 aliphatic heterocycles. The Bertz CT molecular complexity index is 1260. The summed E-state index contributed by atoms with van der Waals surface area (Å²) in [5.74, 6) is -0.987. The third kappa shape index (κ3) is 8.13. The standard InChI is InChI=1S/C37H45F3O/c1-4-6-7-8-9-10-26(3)32-21-22-34(37(40)36(32)39)30-17-15-28(16-18-30)31-19-20-33(35(38)24-31)29-13-11-27(12-14-29)25-41-23-5-2/h5,15-22,24,26-27,29H,2,4,6-14,23,25H2,1,3H3. The maximum absolute atomic E-state index is 15.2. The molecule has 1 fully saturated rings. The predicted octanol–water partition coefficient (Wildman–Crippen LogP) is 11.4. The second-order valence-electron chi connectivity index (χ2n) is 11.8. The molecule has 1 saturated carbocycles. The molecular formula is C37H45F3O. The zero-order chi connectivity index (χ0) is 29.2. The third-order valence-corrected chi connectivity index (χ3v) is 8.79. The molecule has 3 aromatic rings. The van der Waals surface area contributed by atoms with Gasteiger partial charge in [-0.3, -0.25) is 0 Å². The van der Waals surface area contributed by atoms with Gasteiger partial charge in [-0.2, -0.15) is 0 Å². The van der Waals surface area contributed by atoms with Crippen LogP contribution in [0.5, 0.6) is 0 Å². The van der Waals surface area contributed by atoms with E-state index < -0.39 is 11.6 Å². The highest BCUT2D eigenvalue weighted by atomic mass is 19.2. The summed E-state index contributed by atoms with van der Waals surface area (Å²) in [4.78, 5) is 0. The molecule has 0 spiro atoms. The Kier molecular flexibility index (Phi) is 11.7. The molecule has 0 bridgehead atoms. The summed E-state index contributed by atoms with van der Waals surface area (Å²) in [7, 11) is 0. The van der Waals surface area contributed by atoms with E-state index >= 15 is 13.2 Å². The third-order valence-electron chi connectivity index (χ3n) is 8.79. The van der Waals surface area contributed by atoms with Gasteiger partial charge < -0.3 is 4.74 Å². The van der Waals surface area contributed by atoms with Crippen LogP contribution >= 0.6 is 0 Å². The molecule has 0 heterocycles. The first-order chi connectivity index (χ1) is 19.9. The lowest BCUT2D eigenvalue weighted by molar-refractivity contribution is 0.102. The van der Waals surface area contributed by atoms with Gasteiger partial charge >= 0.3 is 0 Å². The number of halogens is 3.